The van der Waals surface area contributed by atoms with E-state index in [1.54, 1.807) is 11.1 Å². The molecule has 0 saturated heterocycles. The summed E-state index contributed by atoms with van der Waals surface area (Å²) in [5.41, 5.74) is 9.31. The fraction of sp³-hybridized carbons (Fsp3) is 0.554. The number of hydrogen-bond acceptors (Lipinski definition) is 6. The van der Waals surface area contributed by atoms with E-state index in [9.17, 15) is 20.4 Å². The van der Waals surface area contributed by atoms with E-state index in [0.717, 1.165) is 101 Å². The zero-order valence-electron chi connectivity index (χ0n) is 57.9. The van der Waals surface area contributed by atoms with Crippen molar-refractivity contribution in [2.75, 3.05) is 13.1 Å². The van der Waals surface area contributed by atoms with Crippen LogP contribution in [0.15, 0.2) is 156 Å². The van der Waals surface area contributed by atoms with Crippen LogP contribution >= 0.6 is 0 Å². The van der Waals surface area contributed by atoms with Crippen molar-refractivity contribution in [1.29, 1.82) is 0 Å². The van der Waals surface area contributed by atoms with Gasteiger partial charge in [0.05, 0.1) is 30.2 Å². The summed E-state index contributed by atoms with van der Waals surface area (Å²) in [6.07, 6.45) is 50.0. The number of carboxylic acids is 1. The first kappa shape index (κ1) is 60.9. The molecule has 21 aliphatic rings. The summed E-state index contributed by atoms with van der Waals surface area (Å²) in [5, 5.41) is 63.8. The average molecular weight is 1310 g/mol. The second kappa shape index (κ2) is 21.6. The molecule has 22 unspecified atom stereocenters. The predicted molar refractivity (Wildman–Crippen MR) is 390 cm³/mol. The van der Waals surface area contributed by atoms with Crippen LogP contribution in [0.25, 0.3) is 23.3 Å². The summed E-state index contributed by atoms with van der Waals surface area (Å²) in [5.74, 6) is 19.0. The number of rotatable bonds is 3. The van der Waals surface area contributed by atoms with Gasteiger partial charge < -0.3 is 31.1 Å². The van der Waals surface area contributed by atoms with Gasteiger partial charge in [-0.15, -0.1) is 11.8 Å². The van der Waals surface area contributed by atoms with Crippen molar-refractivity contribution >= 4 is 29.3 Å². The minimum Gasteiger partial charge on any atom is -0.516 e. The molecule has 7 heteroatoms. The lowest BCUT2D eigenvalue weighted by molar-refractivity contribution is -0.244. The lowest BCUT2D eigenvalue weighted by Gasteiger charge is -2.80. The van der Waals surface area contributed by atoms with E-state index < -0.39 is 62.0 Å². The SMILES string of the molecule is O=C(O)C1CCC(=CO)C(C2CCCCC2)CCCNC2=CC=C(CN2)c2ccc3c(c2)C2C4=c5ccccc5=CC5C4=CC46C=CCC7(CC#CC2C=C3)C(O)CCC52C3=C(C4)C45C8CCCC4(CC3)C1(C=CC1C5C(C#CCC672)CC12CC1CCC(c3ccccc3)CC1C2)C8O. The first-order valence-electron chi connectivity index (χ1n) is 39.8. The van der Waals surface area contributed by atoms with Gasteiger partial charge in [0.1, 0.15) is 0 Å². The number of dihydropyridines is 1. The molecule has 18 bridgehead atoms. The van der Waals surface area contributed by atoms with Gasteiger partial charge in [-0.1, -0.05) is 176 Å². The molecule has 4 aliphatic heterocycles. The van der Waals surface area contributed by atoms with Gasteiger partial charge in [0.2, 0.25) is 0 Å². The third-order valence-corrected chi connectivity index (χ3v) is 33.5. The zero-order chi connectivity index (χ0) is 66.0. The number of benzene rings is 3. The molecule has 3 aromatic carbocycles. The number of aliphatic carboxylic acids is 1. The highest BCUT2D eigenvalue weighted by molar-refractivity contribution is 5.84. The molecule has 4 heterocycles. The van der Waals surface area contributed by atoms with Gasteiger partial charge in [0.15, 0.2) is 0 Å². The summed E-state index contributed by atoms with van der Waals surface area (Å²) in [6, 6.07) is 28.1. The third kappa shape index (κ3) is 7.55. The molecule has 508 valence electrons. The summed E-state index contributed by atoms with van der Waals surface area (Å²) >= 11 is 0. The quantitative estimate of drug-likeness (QED) is 0.0877. The van der Waals surface area contributed by atoms with Gasteiger partial charge in [-0.25, -0.2) is 0 Å². The first-order chi connectivity index (χ1) is 48.5. The highest BCUT2D eigenvalue weighted by Crippen LogP contribution is 2.92. The van der Waals surface area contributed by atoms with E-state index in [4.69, 9.17) is 0 Å². The first-order valence-corrected chi connectivity index (χ1v) is 39.8. The minimum absolute atomic E-state index is 0.0154. The van der Waals surface area contributed by atoms with E-state index in [-0.39, 0.29) is 52.8 Å². The average Bonchev–Trinajstić information content (AvgIpc) is 1.54. The van der Waals surface area contributed by atoms with Crippen molar-refractivity contribution in [2.24, 2.45) is 108 Å². The molecule has 0 aromatic heterocycles. The summed E-state index contributed by atoms with van der Waals surface area (Å²) in [6.45, 7) is 1.49. The van der Waals surface area contributed by atoms with E-state index in [1.807, 2.05) is 0 Å². The van der Waals surface area contributed by atoms with E-state index in [1.165, 1.54) is 107 Å². The standard InChI is InChI=1S/C92H100N2O5/c95-55-66-30-32-75(84(98)99)90-43-35-73-82-64(50-85(73)49-63-29-28-60(46-67(63)51-85)56-14-3-1-4-15-56)20-10-41-91-86-37-13-39-87(91)38-9-19-59-26-24-58-25-27-61(65-31-33-79(94-54-65)93-45-12-22-68(66)57-16-5-2-6-17-57)47-70(58)80(59)81-69-21-8-7-18-62(69)48-76(71(81)52-86)89(91,44-36-78(87)96)72-34-42-88(90)40-11-23-74(83(90)97)92(82,88)77(72)53-86/h1,3-4,7-8,13-15,18,21,24-27,31,33,35,37,43,47-48,52,55,57,59-60,63-64,67-68,73-76,78,80,82-83,93-97H,2,5-6,11-12,16-17,22-23,28-30,32,34,36,38-42,44-46,49-51,53-54H2,(H,98,99). The number of carboxylic acid groups (broad SMARTS) is 1. The zero-order valence-corrected chi connectivity index (χ0v) is 57.9. The van der Waals surface area contributed by atoms with Crippen LogP contribution in [0.4, 0.5) is 0 Å². The van der Waals surface area contributed by atoms with Gasteiger partial charge in [0.25, 0.3) is 0 Å². The maximum absolute atomic E-state index is 15.7. The third-order valence-electron chi connectivity index (χ3n) is 33.5. The number of fused-ring (bicyclic) bond motifs is 6. The van der Waals surface area contributed by atoms with Gasteiger partial charge in [-0.05, 0) is 248 Å². The topological polar surface area (TPSA) is 122 Å². The van der Waals surface area contributed by atoms with Gasteiger partial charge in [0, 0.05) is 82.1 Å². The van der Waals surface area contributed by atoms with E-state index >= 15 is 4.79 Å². The molecule has 6 N–H and O–H groups in total. The van der Waals surface area contributed by atoms with Crippen molar-refractivity contribution in [3.05, 3.63) is 188 Å². The molecule has 7 saturated carbocycles. The smallest absolute Gasteiger partial charge is 0.307 e. The van der Waals surface area contributed by atoms with Crippen molar-refractivity contribution in [3.8, 4) is 23.7 Å². The Labute approximate surface area is 586 Å². The van der Waals surface area contributed by atoms with Crippen LogP contribution in [-0.4, -0.2) is 51.7 Å². The van der Waals surface area contributed by atoms with Crippen LogP contribution in [0.3, 0.4) is 0 Å². The summed E-state index contributed by atoms with van der Waals surface area (Å²) in [4.78, 5) is 15.7. The summed E-state index contributed by atoms with van der Waals surface area (Å²) < 4.78 is 0. The Hall–Kier alpha value is -6.77. The molecule has 99 heavy (non-hydrogen) atoms. The van der Waals surface area contributed by atoms with Crippen LogP contribution in [0, 0.1) is 132 Å². The highest BCUT2D eigenvalue weighted by atomic mass is 16.4. The number of aliphatic hydroxyl groups is 3. The number of carbonyl (C=O) groups is 1. The number of hydrogen-bond donors (Lipinski definition) is 6. The number of allylic oxidation sites excluding steroid dienone is 11. The van der Waals surface area contributed by atoms with Crippen molar-refractivity contribution in [3.63, 3.8) is 0 Å². The van der Waals surface area contributed by atoms with Crippen LogP contribution in [0.2, 0.25) is 0 Å². The van der Waals surface area contributed by atoms with Crippen LogP contribution in [0.1, 0.15) is 201 Å². The van der Waals surface area contributed by atoms with Crippen LogP contribution < -0.4 is 21.1 Å². The van der Waals surface area contributed by atoms with Gasteiger partial charge in [-0.2, -0.15) is 0 Å². The molecule has 24 rings (SSSR count). The lowest BCUT2D eigenvalue weighted by atomic mass is 9.23. The molecular formula is C92H100N2O5. The largest absolute Gasteiger partial charge is 0.516 e. The molecule has 0 radical (unpaired) electrons. The van der Waals surface area contributed by atoms with Crippen LogP contribution in [0.5, 0.6) is 0 Å². The van der Waals surface area contributed by atoms with Crippen molar-refractivity contribution in [1.82, 2.24) is 10.6 Å². The summed E-state index contributed by atoms with van der Waals surface area (Å²) in [7, 11) is 0. The monoisotopic (exact) mass is 1310 g/mol. The fourth-order valence-electron chi connectivity index (χ4n) is 30.6. The van der Waals surface area contributed by atoms with Crippen molar-refractivity contribution < 1.29 is 25.2 Å². The predicted octanol–water partition coefficient (Wildman–Crippen LogP) is 16.2. The molecule has 22 atom stereocenters. The minimum atomic E-state index is -1.07. The molecule has 7 nitrogen and oxygen atoms in total. The number of nitrogens with one attached hydrogen (secondary N) is 2. The Morgan fingerprint density at radius 3 is 2.48 bits per heavy atom. The number of aliphatic hydroxyl groups excluding tert-OH is 3. The lowest BCUT2D eigenvalue weighted by Crippen LogP contribution is -2.76. The molecule has 17 aliphatic carbocycles. The van der Waals surface area contributed by atoms with E-state index in [2.05, 4.69) is 168 Å². The fourth-order valence-corrected chi connectivity index (χ4v) is 30.6. The van der Waals surface area contributed by atoms with Gasteiger partial charge in [-0.3, -0.25) is 4.79 Å². The molecular weight excluding hydrogens is 1210 g/mol. The second-order valence-electron chi connectivity index (χ2n) is 35.9. The Morgan fingerprint density at radius 2 is 1.62 bits per heavy atom. The van der Waals surface area contributed by atoms with Crippen LogP contribution in [-0.2, 0) is 4.79 Å². The Bertz CT molecular complexity index is 4530. The van der Waals surface area contributed by atoms with Gasteiger partial charge >= 0.3 is 5.97 Å². The molecule has 5 spiro atoms. The Balaban J connectivity index is 0.844. The maximum atomic E-state index is 15.7. The Morgan fingerprint density at radius 1 is 0.747 bits per heavy atom. The molecule has 0 amide bonds. The molecule has 3 aromatic rings. The molecule has 7 fully saturated rings. The van der Waals surface area contributed by atoms with E-state index in [0.29, 0.717) is 62.3 Å². The maximum Gasteiger partial charge on any atom is 0.307 e. The second-order valence-corrected chi connectivity index (χ2v) is 35.9. The Kier molecular flexibility index (Phi) is 13.3. The highest BCUT2D eigenvalue weighted by Gasteiger charge is 2.88. The normalized spacial score (nSPS) is 45.8. The van der Waals surface area contributed by atoms with Crippen molar-refractivity contribution in [2.45, 2.75) is 191 Å².